The number of hydrogen-bond acceptors (Lipinski definition) is 3. The molecule has 128 valence electrons. The van der Waals surface area contributed by atoms with Gasteiger partial charge in [-0.15, -0.1) is 11.3 Å². The number of benzene rings is 1. The molecule has 1 aromatic carbocycles. The molecule has 2 aromatic rings. The Morgan fingerprint density at radius 3 is 2.50 bits per heavy atom. The molecule has 0 bridgehead atoms. The monoisotopic (exact) mass is 344 g/mol. The largest absolute Gasteiger partial charge is 0.349 e. The molecule has 2 amide bonds. The normalized spacial score (nSPS) is 12.0. The Balaban J connectivity index is 2.03. The van der Waals surface area contributed by atoms with Gasteiger partial charge in [-0.2, -0.15) is 0 Å². The maximum absolute atomic E-state index is 12.5. The van der Waals surface area contributed by atoms with Crippen LogP contribution in [0, 0.1) is 12.8 Å². The summed E-state index contributed by atoms with van der Waals surface area (Å²) >= 11 is 1.60. The lowest BCUT2D eigenvalue weighted by molar-refractivity contribution is -0.123. The van der Waals surface area contributed by atoms with Crippen molar-refractivity contribution in [2.75, 3.05) is 0 Å². The first-order valence-corrected chi connectivity index (χ1v) is 9.02. The fourth-order valence-electron chi connectivity index (χ4n) is 2.48. The van der Waals surface area contributed by atoms with E-state index < -0.39 is 6.04 Å². The van der Waals surface area contributed by atoms with Gasteiger partial charge in [-0.1, -0.05) is 38.1 Å². The summed E-state index contributed by atoms with van der Waals surface area (Å²) in [6, 6.07) is 10.8. The van der Waals surface area contributed by atoms with E-state index in [1.807, 2.05) is 56.5 Å². The highest BCUT2D eigenvalue weighted by atomic mass is 32.1. The molecule has 2 rings (SSSR count). The molecule has 0 aliphatic heterocycles. The molecule has 0 fully saturated rings. The van der Waals surface area contributed by atoms with Crippen molar-refractivity contribution in [3.63, 3.8) is 0 Å². The van der Waals surface area contributed by atoms with E-state index in [4.69, 9.17) is 0 Å². The average Bonchev–Trinajstić information content (AvgIpc) is 3.05. The number of amides is 2. The second-order valence-corrected chi connectivity index (χ2v) is 7.30. The number of rotatable bonds is 7. The van der Waals surface area contributed by atoms with Crippen LogP contribution in [0.1, 0.15) is 41.1 Å². The highest BCUT2D eigenvalue weighted by Gasteiger charge is 2.23. The van der Waals surface area contributed by atoms with Crippen LogP contribution < -0.4 is 10.6 Å². The fraction of sp³-hybridized carbons (Fsp3) is 0.368. The van der Waals surface area contributed by atoms with Gasteiger partial charge in [0.15, 0.2) is 0 Å². The Kier molecular flexibility index (Phi) is 6.55. The summed E-state index contributed by atoms with van der Waals surface area (Å²) in [7, 11) is 0. The third-order valence-electron chi connectivity index (χ3n) is 3.74. The maximum Gasteiger partial charge on any atom is 0.252 e. The predicted molar refractivity (Wildman–Crippen MR) is 98.1 cm³/mol. The highest BCUT2D eigenvalue weighted by Crippen LogP contribution is 2.11. The van der Waals surface area contributed by atoms with E-state index in [0.29, 0.717) is 24.4 Å². The smallest absolute Gasteiger partial charge is 0.252 e. The zero-order chi connectivity index (χ0) is 17.5. The van der Waals surface area contributed by atoms with E-state index in [1.165, 1.54) is 0 Å². The highest BCUT2D eigenvalue weighted by molar-refractivity contribution is 7.09. The second-order valence-electron chi connectivity index (χ2n) is 6.27. The molecule has 4 nitrogen and oxygen atoms in total. The van der Waals surface area contributed by atoms with Gasteiger partial charge < -0.3 is 10.6 Å². The van der Waals surface area contributed by atoms with Crippen molar-refractivity contribution >= 4 is 23.2 Å². The van der Waals surface area contributed by atoms with Crippen LogP contribution >= 0.6 is 11.3 Å². The summed E-state index contributed by atoms with van der Waals surface area (Å²) in [6.45, 7) is 6.47. The van der Waals surface area contributed by atoms with Crippen LogP contribution in [-0.2, 0) is 11.3 Å². The average molecular weight is 344 g/mol. The number of carbonyl (C=O) groups is 2. The Labute approximate surface area is 147 Å². The maximum atomic E-state index is 12.5. The van der Waals surface area contributed by atoms with Gasteiger partial charge in [0.25, 0.3) is 5.91 Å². The van der Waals surface area contributed by atoms with Gasteiger partial charge in [0.2, 0.25) is 5.91 Å². The fourth-order valence-corrected chi connectivity index (χ4v) is 3.12. The summed E-state index contributed by atoms with van der Waals surface area (Å²) in [4.78, 5) is 26.1. The summed E-state index contributed by atoms with van der Waals surface area (Å²) in [5.41, 5.74) is 1.51. The summed E-state index contributed by atoms with van der Waals surface area (Å²) in [5.74, 6) is -0.0382. The van der Waals surface area contributed by atoms with Crippen LogP contribution in [0.2, 0.25) is 0 Å². The third kappa shape index (κ3) is 5.20. The van der Waals surface area contributed by atoms with Crippen LogP contribution in [-0.4, -0.2) is 17.9 Å². The van der Waals surface area contributed by atoms with Gasteiger partial charge in [0.05, 0.1) is 6.54 Å². The number of hydrogen-bond donors (Lipinski definition) is 2. The van der Waals surface area contributed by atoms with Crippen molar-refractivity contribution in [2.24, 2.45) is 5.92 Å². The number of thiophene rings is 1. The molecule has 1 atom stereocenters. The molecule has 5 heteroatoms. The van der Waals surface area contributed by atoms with Gasteiger partial charge in [-0.05, 0) is 42.3 Å². The van der Waals surface area contributed by atoms with Crippen molar-refractivity contribution in [2.45, 2.75) is 39.8 Å². The quantitative estimate of drug-likeness (QED) is 0.807. The Morgan fingerprint density at radius 1 is 1.12 bits per heavy atom. The first-order chi connectivity index (χ1) is 11.5. The van der Waals surface area contributed by atoms with Crippen LogP contribution in [0.15, 0.2) is 41.8 Å². The molecule has 1 heterocycles. The van der Waals surface area contributed by atoms with E-state index in [1.54, 1.807) is 17.4 Å². The van der Waals surface area contributed by atoms with Crippen LogP contribution in [0.25, 0.3) is 0 Å². The number of aryl methyl sites for hydroxylation is 1. The van der Waals surface area contributed by atoms with Crippen LogP contribution in [0.4, 0.5) is 0 Å². The molecular weight excluding hydrogens is 320 g/mol. The van der Waals surface area contributed by atoms with Gasteiger partial charge in [-0.25, -0.2) is 0 Å². The van der Waals surface area contributed by atoms with E-state index >= 15 is 0 Å². The molecular formula is C19H24N2O2S. The summed E-state index contributed by atoms with van der Waals surface area (Å²) in [6.07, 6.45) is 0.605. The van der Waals surface area contributed by atoms with Crippen molar-refractivity contribution in [3.05, 3.63) is 57.8 Å². The predicted octanol–water partition coefficient (Wildman–Crippen LogP) is 3.52. The molecule has 0 aliphatic rings. The first-order valence-electron chi connectivity index (χ1n) is 8.14. The van der Waals surface area contributed by atoms with Gasteiger partial charge in [-0.3, -0.25) is 9.59 Å². The minimum Gasteiger partial charge on any atom is -0.349 e. The molecule has 0 spiro atoms. The van der Waals surface area contributed by atoms with Crippen molar-refractivity contribution < 1.29 is 9.59 Å². The van der Waals surface area contributed by atoms with Crippen molar-refractivity contribution in [1.82, 2.24) is 10.6 Å². The van der Waals surface area contributed by atoms with Crippen LogP contribution in [0.5, 0.6) is 0 Å². The second kappa shape index (κ2) is 8.64. The molecule has 2 N–H and O–H groups in total. The van der Waals surface area contributed by atoms with Crippen molar-refractivity contribution in [3.8, 4) is 0 Å². The van der Waals surface area contributed by atoms with Gasteiger partial charge >= 0.3 is 0 Å². The minimum absolute atomic E-state index is 0.140. The molecule has 0 radical (unpaired) electrons. The van der Waals surface area contributed by atoms with E-state index in [2.05, 4.69) is 10.6 Å². The Hall–Kier alpha value is -2.14. The molecule has 0 saturated heterocycles. The SMILES string of the molecule is Cc1ccccc1C(=O)NC(CC(C)C)C(=O)NCc1cccs1. The summed E-state index contributed by atoms with van der Waals surface area (Å²) < 4.78 is 0. The minimum atomic E-state index is -0.530. The molecule has 1 unspecified atom stereocenters. The lowest BCUT2D eigenvalue weighted by atomic mass is 10.0. The lowest BCUT2D eigenvalue weighted by Gasteiger charge is -2.20. The Bertz CT molecular complexity index is 680. The van der Waals surface area contributed by atoms with E-state index in [9.17, 15) is 9.59 Å². The first kappa shape index (κ1) is 18.2. The molecule has 0 aliphatic carbocycles. The molecule has 1 aromatic heterocycles. The van der Waals surface area contributed by atoms with Crippen molar-refractivity contribution in [1.29, 1.82) is 0 Å². The summed E-state index contributed by atoms with van der Waals surface area (Å²) in [5, 5.41) is 7.79. The van der Waals surface area contributed by atoms with E-state index in [-0.39, 0.29) is 11.8 Å². The Morgan fingerprint density at radius 2 is 1.88 bits per heavy atom. The van der Waals surface area contributed by atoms with E-state index in [0.717, 1.165) is 10.4 Å². The zero-order valence-corrected chi connectivity index (χ0v) is 15.2. The topological polar surface area (TPSA) is 58.2 Å². The zero-order valence-electron chi connectivity index (χ0n) is 14.3. The molecule has 24 heavy (non-hydrogen) atoms. The standard InChI is InChI=1S/C19H24N2O2S/c1-13(2)11-17(19(23)20-12-15-8-6-10-24-15)21-18(22)16-9-5-4-7-14(16)3/h4-10,13,17H,11-12H2,1-3H3,(H,20,23)(H,21,22). The molecule has 0 saturated carbocycles. The number of nitrogens with one attached hydrogen (secondary N) is 2. The van der Waals surface area contributed by atoms with Crippen LogP contribution in [0.3, 0.4) is 0 Å². The number of carbonyl (C=O) groups excluding carboxylic acids is 2. The van der Waals surface area contributed by atoms with Gasteiger partial charge in [0, 0.05) is 10.4 Å². The lowest BCUT2D eigenvalue weighted by Crippen LogP contribution is -2.47. The van der Waals surface area contributed by atoms with Gasteiger partial charge in [0.1, 0.15) is 6.04 Å². The third-order valence-corrected chi connectivity index (χ3v) is 4.61.